The zero-order valence-electron chi connectivity index (χ0n) is 14.8. The van der Waals surface area contributed by atoms with Gasteiger partial charge in [0, 0.05) is 13.1 Å². The van der Waals surface area contributed by atoms with Crippen molar-refractivity contribution in [2.75, 3.05) is 19.7 Å². The molecule has 148 valence electrons. The molecule has 2 aromatic rings. The zero-order valence-corrected chi connectivity index (χ0v) is 16.4. The Kier molecular flexibility index (Phi) is 6.22. The number of nitrogens with zero attached hydrogens (tertiary/aromatic N) is 1. The Hall–Kier alpha value is -2.56. The van der Waals surface area contributed by atoms with Crippen LogP contribution < -0.4 is 4.72 Å². The maximum atomic E-state index is 12.2. The van der Waals surface area contributed by atoms with E-state index in [0.717, 1.165) is 16.2 Å². The molecule has 1 aliphatic heterocycles. The Balaban J connectivity index is 1.36. The van der Waals surface area contributed by atoms with E-state index in [1.54, 1.807) is 35.7 Å². The van der Waals surface area contributed by atoms with E-state index < -0.39 is 16.0 Å². The molecule has 2 heterocycles. The van der Waals surface area contributed by atoms with Gasteiger partial charge in [-0.2, -0.15) is 0 Å². The number of carbonyl (C=O) groups is 3. The van der Waals surface area contributed by atoms with Crippen LogP contribution in [0, 0.1) is 0 Å². The van der Waals surface area contributed by atoms with Crippen LogP contribution in [0.1, 0.15) is 33.6 Å². The van der Waals surface area contributed by atoms with Gasteiger partial charge in [0.05, 0.1) is 24.2 Å². The van der Waals surface area contributed by atoms with Gasteiger partial charge < -0.3 is 4.74 Å². The molecular formula is C18H18N2O6S2. The van der Waals surface area contributed by atoms with Crippen molar-refractivity contribution in [3.8, 4) is 0 Å². The third-order valence-corrected chi connectivity index (χ3v) is 6.91. The molecule has 2 amide bonds. The van der Waals surface area contributed by atoms with E-state index in [0.29, 0.717) is 17.5 Å². The molecule has 0 saturated heterocycles. The zero-order chi connectivity index (χ0) is 20.1. The lowest BCUT2D eigenvalue weighted by molar-refractivity contribution is -0.143. The molecule has 1 N–H and O–H groups in total. The normalized spacial score (nSPS) is 13.6. The van der Waals surface area contributed by atoms with E-state index in [-0.39, 0.29) is 42.1 Å². The Labute approximate surface area is 166 Å². The molecule has 0 atom stereocenters. The lowest BCUT2D eigenvalue weighted by Crippen LogP contribution is -2.31. The highest BCUT2D eigenvalue weighted by Crippen LogP contribution is 2.22. The molecule has 28 heavy (non-hydrogen) atoms. The molecule has 0 spiro atoms. The molecule has 0 bridgehead atoms. The van der Waals surface area contributed by atoms with Crippen LogP contribution in [0.3, 0.4) is 0 Å². The van der Waals surface area contributed by atoms with Crippen molar-refractivity contribution in [2.45, 2.75) is 17.1 Å². The summed E-state index contributed by atoms with van der Waals surface area (Å²) in [5.74, 6) is -1.26. The van der Waals surface area contributed by atoms with Gasteiger partial charge in [-0.15, -0.1) is 11.3 Å². The third kappa shape index (κ3) is 4.46. The van der Waals surface area contributed by atoms with E-state index >= 15 is 0 Å². The Morgan fingerprint density at radius 2 is 1.75 bits per heavy atom. The van der Waals surface area contributed by atoms with Crippen LogP contribution in [0.5, 0.6) is 0 Å². The number of benzene rings is 1. The number of imide groups is 1. The highest BCUT2D eigenvalue weighted by Gasteiger charge is 2.34. The summed E-state index contributed by atoms with van der Waals surface area (Å²) in [6.45, 7) is 0.103. The molecule has 1 aromatic heterocycles. The van der Waals surface area contributed by atoms with Crippen molar-refractivity contribution in [2.24, 2.45) is 0 Å². The minimum Gasteiger partial charge on any atom is -0.466 e. The Morgan fingerprint density at radius 1 is 1.07 bits per heavy atom. The predicted molar refractivity (Wildman–Crippen MR) is 102 cm³/mol. The summed E-state index contributed by atoms with van der Waals surface area (Å²) in [6, 6.07) is 9.70. The van der Waals surface area contributed by atoms with Crippen LogP contribution >= 0.6 is 11.3 Å². The van der Waals surface area contributed by atoms with Gasteiger partial charge in [0.1, 0.15) is 4.21 Å². The van der Waals surface area contributed by atoms with Crippen LogP contribution in [-0.2, 0) is 19.6 Å². The van der Waals surface area contributed by atoms with E-state index in [4.69, 9.17) is 4.74 Å². The Bertz CT molecular complexity index is 950. The van der Waals surface area contributed by atoms with Crippen LogP contribution in [0.4, 0.5) is 0 Å². The van der Waals surface area contributed by atoms with Gasteiger partial charge >= 0.3 is 5.97 Å². The van der Waals surface area contributed by atoms with Crippen molar-refractivity contribution >= 4 is 39.1 Å². The van der Waals surface area contributed by atoms with Crippen LogP contribution in [0.25, 0.3) is 0 Å². The lowest BCUT2D eigenvalue weighted by atomic mass is 10.1. The third-order valence-electron chi connectivity index (χ3n) is 4.05. The Morgan fingerprint density at radius 3 is 2.36 bits per heavy atom. The SMILES string of the molecule is O=C(CCNS(=O)(=O)c1cccs1)OCCCN1C(=O)c2ccccc2C1=O. The maximum absolute atomic E-state index is 12.2. The minimum atomic E-state index is -3.61. The van der Waals surface area contributed by atoms with Crippen molar-refractivity contribution in [1.82, 2.24) is 9.62 Å². The summed E-state index contributed by atoms with van der Waals surface area (Å²) in [6.07, 6.45) is 0.190. The molecule has 1 aromatic carbocycles. The second-order valence-electron chi connectivity index (χ2n) is 5.96. The smallest absolute Gasteiger partial charge is 0.307 e. The highest BCUT2D eigenvalue weighted by molar-refractivity contribution is 7.91. The number of amides is 2. The second kappa shape index (κ2) is 8.63. The van der Waals surface area contributed by atoms with E-state index in [1.165, 1.54) is 6.07 Å². The number of carbonyl (C=O) groups excluding carboxylic acids is 3. The summed E-state index contributed by atoms with van der Waals surface area (Å²) >= 11 is 1.09. The van der Waals surface area contributed by atoms with Gasteiger partial charge in [0.15, 0.2) is 0 Å². The van der Waals surface area contributed by atoms with Gasteiger partial charge in [0.2, 0.25) is 10.0 Å². The fraction of sp³-hybridized carbons (Fsp3) is 0.278. The fourth-order valence-electron chi connectivity index (χ4n) is 2.70. The van der Waals surface area contributed by atoms with Crippen LogP contribution in [-0.4, -0.2) is 50.8 Å². The van der Waals surface area contributed by atoms with Gasteiger partial charge in [0.25, 0.3) is 11.8 Å². The summed E-state index contributed by atoms with van der Waals surface area (Å²) in [7, 11) is -3.61. The molecule has 0 fully saturated rings. The summed E-state index contributed by atoms with van der Waals surface area (Å²) in [5.41, 5.74) is 0.755. The summed E-state index contributed by atoms with van der Waals surface area (Å²) < 4.78 is 31.4. The van der Waals surface area contributed by atoms with Crippen LogP contribution in [0.15, 0.2) is 46.0 Å². The number of thiophene rings is 1. The number of hydrogen-bond acceptors (Lipinski definition) is 7. The number of rotatable bonds is 9. The second-order valence-corrected chi connectivity index (χ2v) is 8.90. The molecule has 0 aliphatic carbocycles. The minimum absolute atomic E-state index is 0.0317. The van der Waals surface area contributed by atoms with Gasteiger partial charge in [-0.05, 0) is 30.0 Å². The first-order valence-corrected chi connectivity index (χ1v) is 10.9. The van der Waals surface area contributed by atoms with Crippen molar-refractivity contribution in [1.29, 1.82) is 0 Å². The molecule has 0 radical (unpaired) electrons. The van der Waals surface area contributed by atoms with E-state index in [9.17, 15) is 22.8 Å². The number of ether oxygens (including phenoxy) is 1. The first-order chi connectivity index (χ1) is 13.4. The molecule has 1 aliphatic rings. The monoisotopic (exact) mass is 422 g/mol. The number of esters is 1. The van der Waals surface area contributed by atoms with Crippen molar-refractivity contribution in [3.63, 3.8) is 0 Å². The van der Waals surface area contributed by atoms with Crippen LogP contribution in [0.2, 0.25) is 0 Å². The number of hydrogen-bond donors (Lipinski definition) is 1. The number of nitrogens with one attached hydrogen (secondary N) is 1. The summed E-state index contributed by atoms with van der Waals surface area (Å²) in [5, 5.41) is 1.65. The standard InChI is InChI=1S/C18H18N2O6S2/c21-15(8-9-19-28(24,25)16-7-3-12-27-16)26-11-4-10-20-17(22)13-5-1-2-6-14(13)18(20)23/h1-3,5-7,12,19H,4,8-11H2. The molecule has 8 nitrogen and oxygen atoms in total. The highest BCUT2D eigenvalue weighted by atomic mass is 32.2. The van der Waals surface area contributed by atoms with Crippen molar-refractivity contribution in [3.05, 3.63) is 52.9 Å². The topological polar surface area (TPSA) is 110 Å². The van der Waals surface area contributed by atoms with Gasteiger partial charge in [-0.3, -0.25) is 19.3 Å². The average Bonchev–Trinajstić information content (AvgIpc) is 3.29. The van der Waals surface area contributed by atoms with Crippen molar-refractivity contribution < 1.29 is 27.5 Å². The molecule has 3 rings (SSSR count). The molecular weight excluding hydrogens is 404 g/mol. The molecule has 0 saturated carbocycles. The fourth-order valence-corrected chi connectivity index (χ4v) is 4.77. The average molecular weight is 422 g/mol. The molecule has 0 unspecified atom stereocenters. The first-order valence-electron chi connectivity index (χ1n) is 8.54. The maximum Gasteiger partial charge on any atom is 0.307 e. The van der Waals surface area contributed by atoms with E-state index in [1.807, 2.05) is 0 Å². The molecule has 10 heteroatoms. The first kappa shape index (κ1) is 20.2. The predicted octanol–water partition coefficient (Wildman–Crippen LogP) is 1.65. The number of sulfonamides is 1. The summed E-state index contributed by atoms with van der Waals surface area (Å²) in [4.78, 5) is 37.3. The largest absolute Gasteiger partial charge is 0.466 e. The van der Waals surface area contributed by atoms with E-state index in [2.05, 4.69) is 4.72 Å². The quantitative estimate of drug-likeness (QED) is 0.374. The van der Waals surface area contributed by atoms with Gasteiger partial charge in [-0.25, -0.2) is 13.1 Å². The lowest BCUT2D eigenvalue weighted by Gasteiger charge is -2.13. The van der Waals surface area contributed by atoms with Gasteiger partial charge in [-0.1, -0.05) is 18.2 Å². The number of fused-ring (bicyclic) bond motifs is 1.